The molecule has 23 heavy (non-hydrogen) atoms. The molecule has 128 valence electrons. The zero-order chi connectivity index (χ0) is 17.7. The molecule has 5 nitrogen and oxygen atoms in total. The molecule has 0 unspecified atom stereocenters. The molecule has 0 atom stereocenters. The van der Waals surface area contributed by atoms with Crippen molar-refractivity contribution in [3.63, 3.8) is 0 Å². The van der Waals surface area contributed by atoms with E-state index in [9.17, 15) is 14.7 Å². The van der Waals surface area contributed by atoms with Crippen molar-refractivity contribution < 1.29 is 24.2 Å². The van der Waals surface area contributed by atoms with Crippen LogP contribution in [0.1, 0.15) is 41.7 Å². The van der Waals surface area contributed by atoms with Crippen molar-refractivity contribution in [3.05, 3.63) is 27.8 Å². The van der Waals surface area contributed by atoms with Gasteiger partial charge in [-0.05, 0) is 75.8 Å². The topological polar surface area (TPSA) is 72.8 Å². The molecule has 0 aromatic heterocycles. The van der Waals surface area contributed by atoms with Crippen molar-refractivity contribution in [2.75, 3.05) is 13.2 Å². The second-order valence-corrected chi connectivity index (χ2v) is 5.59. The number of phenols is 1. The molecule has 0 aliphatic carbocycles. The van der Waals surface area contributed by atoms with Gasteiger partial charge in [0.1, 0.15) is 5.75 Å². The lowest BCUT2D eigenvalue weighted by Gasteiger charge is -2.20. The Hall–Kier alpha value is -2.04. The van der Waals surface area contributed by atoms with Crippen LogP contribution in [0.3, 0.4) is 0 Å². The minimum atomic E-state index is -0.990. The average Bonchev–Trinajstić information content (AvgIpc) is 2.51. The molecule has 5 heteroatoms. The number of rotatable bonds is 6. The summed E-state index contributed by atoms with van der Waals surface area (Å²) in [5, 5.41) is 10.1. The number of phenolic OH excluding ortho intramolecular Hbond substituents is 1. The van der Waals surface area contributed by atoms with Crippen LogP contribution in [-0.4, -0.2) is 30.3 Å². The average molecular weight is 322 g/mol. The highest BCUT2D eigenvalue weighted by Crippen LogP contribution is 2.33. The minimum absolute atomic E-state index is 0.206. The smallest absolute Gasteiger partial charge is 0.320 e. The fourth-order valence-electron chi connectivity index (χ4n) is 2.63. The van der Waals surface area contributed by atoms with E-state index in [-0.39, 0.29) is 25.4 Å². The molecule has 1 rings (SSSR count). The van der Waals surface area contributed by atoms with Gasteiger partial charge in [0.25, 0.3) is 0 Å². The van der Waals surface area contributed by atoms with E-state index in [0.29, 0.717) is 0 Å². The summed E-state index contributed by atoms with van der Waals surface area (Å²) in [4.78, 5) is 24.3. The molecule has 1 aromatic rings. The summed E-state index contributed by atoms with van der Waals surface area (Å²) in [5.41, 5.74) is 4.15. The van der Waals surface area contributed by atoms with E-state index in [1.165, 1.54) is 0 Å². The van der Waals surface area contributed by atoms with Gasteiger partial charge in [0.2, 0.25) is 0 Å². The van der Waals surface area contributed by atoms with E-state index >= 15 is 0 Å². The summed E-state index contributed by atoms with van der Waals surface area (Å²) in [6.45, 7) is 11.2. The van der Waals surface area contributed by atoms with Gasteiger partial charge >= 0.3 is 11.9 Å². The maximum atomic E-state index is 12.2. The van der Waals surface area contributed by atoms with Crippen LogP contribution in [0, 0.1) is 33.6 Å². The Morgan fingerprint density at radius 3 is 1.61 bits per heavy atom. The first-order valence-electron chi connectivity index (χ1n) is 7.87. The van der Waals surface area contributed by atoms with Crippen LogP contribution >= 0.6 is 0 Å². The third kappa shape index (κ3) is 4.03. The second kappa shape index (κ2) is 7.99. The molecule has 1 aromatic carbocycles. The summed E-state index contributed by atoms with van der Waals surface area (Å²) >= 11 is 0. The summed E-state index contributed by atoms with van der Waals surface area (Å²) < 4.78 is 10.0. The van der Waals surface area contributed by atoms with E-state index in [2.05, 4.69) is 0 Å². The quantitative estimate of drug-likeness (QED) is 0.644. The molecule has 0 saturated heterocycles. The van der Waals surface area contributed by atoms with E-state index in [0.717, 1.165) is 27.8 Å². The Bertz CT molecular complexity index is 557. The summed E-state index contributed by atoms with van der Waals surface area (Å²) in [6.07, 6.45) is 0.206. The highest BCUT2D eigenvalue weighted by atomic mass is 16.6. The standard InChI is InChI=1S/C18H26O5/c1-7-22-17(20)15(18(21)23-8-2)9-14-10(3)12(5)16(19)13(6)11(14)4/h15,19H,7-9H2,1-6H3. The molecular weight excluding hydrogens is 296 g/mol. The van der Waals surface area contributed by atoms with Crippen LogP contribution in [0.4, 0.5) is 0 Å². The molecule has 0 amide bonds. The monoisotopic (exact) mass is 322 g/mol. The number of ether oxygens (including phenoxy) is 2. The fraction of sp³-hybridized carbons (Fsp3) is 0.556. The maximum absolute atomic E-state index is 12.2. The van der Waals surface area contributed by atoms with Crippen molar-refractivity contribution in [1.29, 1.82) is 0 Å². The third-order valence-electron chi connectivity index (χ3n) is 4.29. The van der Waals surface area contributed by atoms with Gasteiger partial charge < -0.3 is 14.6 Å². The van der Waals surface area contributed by atoms with Gasteiger partial charge in [0, 0.05) is 0 Å². The largest absolute Gasteiger partial charge is 0.507 e. The maximum Gasteiger partial charge on any atom is 0.320 e. The first kappa shape index (κ1) is 19.0. The molecular formula is C18H26O5. The predicted molar refractivity (Wildman–Crippen MR) is 87.5 cm³/mol. The minimum Gasteiger partial charge on any atom is -0.507 e. The van der Waals surface area contributed by atoms with Gasteiger partial charge in [-0.15, -0.1) is 0 Å². The lowest BCUT2D eigenvalue weighted by molar-refractivity contribution is -0.161. The normalized spacial score (nSPS) is 10.7. The highest BCUT2D eigenvalue weighted by molar-refractivity contribution is 5.95. The molecule has 0 aliphatic heterocycles. The second-order valence-electron chi connectivity index (χ2n) is 5.59. The summed E-state index contributed by atoms with van der Waals surface area (Å²) in [7, 11) is 0. The highest BCUT2D eigenvalue weighted by Gasteiger charge is 2.31. The van der Waals surface area contributed by atoms with E-state index in [1.54, 1.807) is 13.8 Å². The third-order valence-corrected chi connectivity index (χ3v) is 4.29. The van der Waals surface area contributed by atoms with Gasteiger partial charge in [-0.3, -0.25) is 9.59 Å². The van der Waals surface area contributed by atoms with Crippen molar-refractivity contribution in [2.24, 2.45) is 5.92 Å². The van der Waals surface area contributed by atoms with Crippen molar-refractivity contribution >= 4 is 11.9 Å². The molecule has 0 radical (unpaired) electrons. The zero-order valence-electron chi connectivity index (χ0n) is 14.8. The molecule has 0 fully saturated rings. The summed E-state index contributed by atoms with van der Waals surface area (Å²) in [5.74, 6) is -1.88. The van der Waals surface area contributed by atoms with Gasteiger partial charge in [-0.2, -0.15) is 0 Å². The Balaban J connectivity index is 3.28. The Labute approximate surface area is 137 Å². The molecule has 0 aliphatic rings. The predicted octanol–water partition coefficient (Wildman–Crippen LogP) is 2.91. The number of hydrogen-bond donors (Lipinski definition) is 1. The van der Waals surface area contributed by atoms with Crippen LogP contribution in [0.2, 0.25) is 0 Å². The first-order chi connectivity index (χ1) is 10.8. The van der Waals surface area contributed by atoms with E-state index < -0.39 is 17.9 Å². The molecule has 0 saturated carbocycles. The van der Waals surface area contributed by atoms with Crippen LogP contribution in [-0.2, 0) is 25.5 Å². The number of aromatic hydroxyl groups is 1. The Kier molecular flexibility index (Phi) is 6.61. The zero-order valence-corrected chi connectivity index (χ0v) is 14.8. The number of esters is 2. The molecule has 1 N–H and O–H groups in total. The Morgan fingerprint density at radius 2 is 1.26 bits per heavy atom. The Morgan fingerprint density at radius 1 is 0.870 bits per heavy atom. The van der Waals surface area contributed by atoms with Crippen molar-refractivity contribution in [1.82, 2.24) is 0 Å². The number of benzene rings is 1. The van der Waals surface area contributed by atoms with Gasteiger partial charge in [0.15, 0.2) is 5.92 Å². The van der Waals surface area contributed by atoms with Gasteiger partial charge in [-0.1, -0.05) is 0 Å². The van der Waals surface area contributed by atoms with Crippen LogP contribution < -0.4 is 0 Å². The SMILES string of the molecule is CCOC(=O)C(Cc1c(C)c(C)c(O)c(C)c1C)C(=O)OCC. The van der Waals surface area contributed by atoms with Crippen LogP contribution in [0.15, 0.2) is 0 Å². The van der Waals surface area contributed by atoms with Crippen LogP contribution in [0.5, 0.6) is 5.75 Å². The molecule has 0 heterocycles. The summed E-state index contributed by atoms with van der Waals surface area (Å²) in [6, 6.07) is 0. The molecule has 0 spiro atoms. The lowest BCUT2D eigenvalue weighted by Crippen LogP contribution is -2.30. The first-order valence-corrected chi connectivity index (χ1v) is 7.87. The van der Waals surface area contributed by atoms with Crippen molar-refractivity contribution in [2.45, 2.75) is 48.0 Å². The number of carbonyl (C=O) groups is 2. The number of carbonyl (C=O) groups excluding carboxylic acids is 2. The number of hydrogen-bond acceptors (Lipinski definition) is 5. The van der Waals surface area contributed by atoms with E-state index in [1.807, 2.05) is 27.7 Å². The van der Waals surface area contributed by atoms with E-state index in [4.69, 9.17) is 9.47 Å². The van der Waals surface area contributed by atoms with Crippen LogP contribution in [0.25, 0.3) is 0 Å². The lowest BCUT2D eigenvalue weighted by atomic mass is 9.87. The molecule has 0 bridgehead atoms. The van der Waals surface area contributed by atoms with Gasteiger partial charge in [0.05, 0.1) is 13.2 Å². The fourth-order valence-corrected chi connectivity index (χ4v) is 2.63. The van der Waals surface area contributed by atoms with Gasteiger partial charge in [-0.25, -0.2) is 0 Å². The van der Waals surface area contributed by atoms with Crippen molar-refractivity contribution in [3.8, 4) is 5.75 Å².